The molecule has 0 N–H and O–H groups in total. The number of para-hydroxylation sites is 2. The standard InChI is InChI=1S/C43H29NO/c1-28-17-21-30(22-18-28)44(32-25-26-38-36-11-3-2-9-34(36)35-10-4-5-12-37(35)41(38)27-32)31-23-19-29(20-24-31)33-14-8-15-40-39-13-6-7-16-42(39)45-43(33)40/h2-27H,1H3. The quantitative estimate of drug-likeness (QED) is 0.194. The second-order valence-electron chi connectivity index (χ2n) is 11.8. The van der Waals surface area contributed by atoms with Crippen LogP contribution < -0.4 is 4.90 Å². The van der Waals surface area contributed by atoms with Crippen molar-refractivity contribution in [3.05, 3.63) is 163 Å². The monoisotopic (exact) mass is 575 g/mol. The van der Waals surface area contributed by atoms with Crippen molar-refractivity contribution in [2.24, 2.45) is 0 Å². The minimum Gasteiger partial charge on any atom is -0.455 e. The molecule has 0 spiro atoms. The Kier molecular flexibility index (Phi) is 5.76. The molecule has 0 aliphatic carbocycles. The van der Waals surface area contributed by atoms with E-state index in [0.717, 1.165) is 50.1 Å². The highest BCUT2D eigenvalue weighted by atomic mass is 16.3. The van der Waals surface area contributed by atoms with Crippen LogP contribution in [0.4, 0.5) is 17.1 Å². The molecule has 2 heteroatoms. The van der Waals surface area contributed by atoms with Crippen LogP contribution in [0.3, 0.4) is 0 Å². The molecule has 212 valence electrons. The predicted octanol–water partition coefficient (Wildman–Crippen LogP) is 12.5. The van der Waals surface area contributed by atoms with Crippen LogP contribution in [0.5, 0.6) is 0 Å². The van der Waals surface area contributed by atoms with E-state index >= 15 is 0 Å². The Labute approximate surface area is 261 Å². The van der Waals surface area contributed by atoms with E-state index < -0.39 is 0 Å². The van der Waals surface area contributed by atoms with Crippen LogP contribution >= 0.6 is 0 Å². The van der Waals surface area contributed by atoms with E-state index in [-0.39, 0.29) is 0 Å². The highest BCUT2D eigenvalue weighted by Crippen LogP contribution is 2.42. The molecule has 8 aromatic carbocycles. The molecule has 1 aromatic heterocycles. The van der Waals surface area contributed by atoms with E-state index in [1.165, 1.54) is 37.9 Å². The van der Waals surface area contributed by atoms with Crippen LogP contribution in [-0.2, 0) is 0 Å². The number of benzene rings is 8. The van der Waals surface area contributed by atoms with Gasteiger partial charge in [-0.3, -0.25) is 0 Å². The van der Waals surface area contributed by atoms with E-state index in [1.54, 1.807) is 0 Å². The smallest absolute Gasteiger partial charge is 0.143 e. The zero-order valence-electron chi connectivity index (χ0n) is 24.9. The molecule has 2 nitrogen and oxygen atoms in total. The molecule has 0 saturated carbocycles. The van der Waals surface area contributed by atoms with Gasteiger partial charge in [0, 0.05) is 33.4 Å². The highest BCUT2D eigenvalue weighted by Gasteiger charge is 2.17. The van der Waals surface area contributed by atoms with Crippen molar-refractivity contribution >= 4 is 71.3 Å². The molecule has 45 heavy (non-hydrogen) atoms. The summed E-state index contributed by atoms with van der Waals surface area (Å²) in [5.41, 5.74) is 8.66. The van der Waals surface area contributed by atoms with E-state index in [4.69, 9.17) is 4.42 Å². The van der Waals surface area contributed by atoms with Gasteiger partial charge in [0.15, 0.2) is 0 Å². The summed E-state index contributed by atoms with van der Waals surface area (Å²) in [6.45, 7) is 2.13. The molecular formula is C43H29NO. The molecule has 0 atom stereocenters. The number of hydrogen-bond donors (Lipinski definition) is 0. The number of hydrogen-bond acceptors (Lipinski definition) is 2. The van der Waals surface area contributed by atoms with Crippen molar-refractivity contribution in [2.75, 3.05) is 4.90 Å². The van der Waals surface area contributed by atoms with Gasteiger partial charge in [-0.25, -0.2) is 0 Å². The van der Waals surface area contributed by atoms with Gasteiger partial charge in [0.05, 0.1) is 0 Å². The Morgan fingerprint density at radius 2 is 0.911 bits per heavy atom. The average molecular weight is 576 g/mol. The molecular weight excluding hydrogens is 546 g/mol. The lowest BCUT2D eigenvalue weighted by Gasteiger charge is -2.26. The number of anilines is 3. The van der Waals surface area contributed by atoms with Crippen LogP contribution in [0.25, 0.3) is 65.4 Å². The van der Waals surface area contributed by atoms with Gasteiger partial charge in [-0.1, -0.05) is 121 Å². The lowest BCUT2D eigenvalue weighted by molar-refractivity contribution is 0.670. The Morgan fingerprint density at radius 3 is 1.58 bits per heavy atom. The van der Waals surface area contributed by atoms with Gasteiger partial charge < -0.3 is 9.32 Å². The van der Waals surface area contributed by atoms with Crippen LogP contribution in [0.2, 0.25) is 0 Å². The first-order chi connectivity index (χ1) is 22.2. The fourth-order valence-electron chi connectivity index (χ4n) is 6.94. The summed E-state index contributed by atoms with van der Waals surface area (Å²) >= 11 is 0. The topological polar surface area (TPSA) is 16.4 Å². The molecule has 0 aliphatic heterocycles. The van der Waals surface area contributed by atoms with Crippen molar-refractivity contribution in [2.45, 2.75) is 6.92 Å². The molecule has 0 radical (unpaired) electrons. The first-order valence-electron chi connectivity index (χ1n) is 15.4. The van der Waals surface area contributed by atoms with Gasteiger partial charge in [0.2, 0.25) is 0 Å². The van der Waals surface area contributed by atoms with Crippen molar-refractivity contribution in [1.29, 1.82) is 0 Å². The zero-order valence-corrected chi connectivity index (χ0v) is 24.9. The molecule has 0 bridgehead atoms. The minimum atomic E-state index is 0.915. The Bertz CT molecular complexity index is 2500. The summed E-state index contributed by atoms with van der Waals surface area (Å²) in [7, 11) is 0. The first-order valence-corrected chi connectivity index (χ1v) is 15.4. The fraction of sp³-hybridized carbons (Fsp3) is 0.0233. The average Bonchev–Trinajstić information content (AvgIpc) is 3.49. The third kappa shape index (κ3) is 4.11. The maximum Gasteiger partial charge on any atom is 0.143 e. The van der Waals surface area contributed by atoms with Crippen LogP contribution in [0.15, 0.2) is 162 Å². The summed E-state index contributed by atoms with van der Waals surface area (Å²) in [4.78, 5) is 2.36. The molecule has 9 rings (SSSR count). The third-order valence-corrected chi connectivity index (χ3v) is 9.12. The van der Waals surface area contributed by atoms with Gasteiger partial charge in [-0.05, 0) is 87.3 Å². The summed E-state index contributed by atoms with van der Waals surface area (Å²) < 4.78 is 6.36. The second kappa shape index (κ2) is 10.1. The predicted molar refractivity (Wildman–Crippen MR) is 191 cm³/mol. The number of furan rings is 1. The lowest BCUT2D eigenvalue weighted by atomic mass is 9.94. The van der Waals surface area contributed by atoms with Crippen LogP contribution in [0.1, 0.15) is 5.56 Å². The van der Waals surface area contributed by atoms with Crippen molar-refractivity contribution < 1.29 is 4.42 Å². The Morgan fingerprint density at radius 1 is 0.400 bits per heavy atom. The van der Waals surface area contributed by atoms with Gasteiger partial charge in [0.1, 0.15) is 11.2 Å². The van der Waals surface area contributed by atoms with E-state index in [1.807, 2.05) is 12.1 Å². The number of aryl methyl sites for hydroxylation is 1. The van der Waals surface area contributed by atoms with Gasteiger partial charge >= 0.3 is 0 Å². The SMILES string of the molecule is Cc1ccc(N(c2ccc(-c3cccc4c3oc3ccccc34)cc2)c2ccc3c4ccccc4c4ccccc4c3c2)cc1. The maximum absolute atomic E-state index is 6.36. The second-order valence-corrected chi connectivity index (χ2v) is 11.8. The van der Waals surface area contributed by atoms with Crippen molar-refractivity contribution in [3.63, 3.8) is 0 Å². The molecule has 1 heterocycles. The maximum atomic E-state index is 6.36. The van der Waals surface area contributed by atoms with Crippen molar-refractivity contribution in [1.82, 2.24) is 0 Å². The van der Waals surface area contributed by atoms with Crippen molar-refractivity contribution in [3.8, 4) is 11.1 Å². The minimum absolute atomic E-state index is 0.915. The Balaban J connectivity index is 1.22. The number of nitrogens with zero attached hydrogens (tertiary/aromatic N) is 1. The van der Waals surface area contributed by atoms with E-state index in [9.17, 15) is 0 Å². The molecule has 9 aromatic rings. The van der Waals surface area contributed by atoms with Gasteiger partial charge in [0.25, 0.3) is 0 Å². The van der Waals surface area contributed by atoms with Gasteiger partial charge in [-0.2, -0.15) is 0 Å². The fourth-order valence-corrected chi connectivity index (χ4v) is 6.94. The largest absolute Gasteiger partial charge is 0.455 e. The summed E-state index contributed by atoms with van der Waals surface area (Å²) in [5.74, 6) is 0. The van der Waals surface area contributed by atoms with E-state index in [2.05, 4.69) is 157 Å². The summed E-state index contributed by atoms with van der Waals surface area (Å²) in [6, 6.07) is 56.7. The number of fused-ring (bicyclic) bond motifs is 9. The molecule has 0 unspecified atom stereocenters. The molecule has 0 saturated heterocycles. The highest BCUT2D eigenvalue weighted by molar-refractivity contribution is 6.25. The molecule has 0 aliphatic rings. The van der Waals surface area contributed by atoms with E-state index in [0.29, 0.717) is 0 Å². The number of rotatable bonds is 4. The molecule has 0 fully saturated rings. The van der Waals surface area contributed by atoms with Crippen LogP contribution in [-0.4, -0.2) is 0 Å². The van der Waals surface area contributed by atoms with Crippen LogP contribution in [0, 0.1) is 6.92 Å². The summed E-state index contributed by atoms with van der Waals surface area (Å²) in [5, 5.41) is 9.94. The normalized spacial score (nSPS) is 11.7. The van der Waals surface area contributed by atoms with Gasteiger partial charge in [-0.15, -0.1) is 0 Å². The summed E-state index contributed by atoms with van der Waals surface area (Å²) in [6.07, 6.45) is 0. The third-order valence-electron chi connectivity index (χ3n) is 9.12. The first kappa shape index (κ1) is 25.6. The lowest BCUT2D eigenvalue weighted by Crippen LogP contribution is -2.10. The Hall–Kier alpha value is -5.86. The zero-order chi connectivity index (χ0) is 29.9. The molecule has 0 amide bonds.